The molecule has 1 heterocycles. The Morgan fingerprint density at radius 3 is 2.48 bits per heavy atom. The lowest BCUT2D eigenvalue weighted by atomic mass is 9.97. The van der Waals surface area contributed by atoms with Gasteiger partial charge in [-0.05, 0) is 53.2 Å². The van der Waals surface area contributed by atoms with Crippen molar-refractivity contribution in [2.45, 2.75) is 53.2 Å². The van der Waals surface area contributed by atoms with E-state index in [0.29, 0.717) is 6.61 Å². The van der Waals surface area contributed by atoms with Gasteiger partial charge in [0.05, 0.1) is 17.7 Å². The number of ether oxygens (including phenoxy) is 2. The Morgan fingerprint density at radius 2 is 1.87 bits per heavy atom. The van der Waals surface area contributed by atoms with E-state index in [1.165, 1.54) is 0 Å². The van der Waals surface area contributed by atoms with E-state index >= 15 is 0 Å². The van der Waals surface area contributed by atoms with Gasteiger partial charge in [-0.3, -0.25) is 4.98 Å². The highest BCUT2D eigenvalue weighted by molar-refractivity contribution is 5.86. The van der Waals surface area contributed by atoms with Crippen LogP contribution in [0.25, 0.3) is 10.9 Å². The van der Waals surface area contributed by atoms with Crippen LogP contribution in [-0.2, 0) is 14.3 Å². The summed E-state index contributed by atoms with van der Waals surface area (Å²) in [6.07, 6.45) is -0.771. The van der Waals surface area contributed by atoms with Gasteiger partial charge in [-0.1, -0.05) is 18.2 Å². The molecule has 1 aromatic carbocycles. The Balaban J connectivity index is 2.62. The van der Waals surface area contributed by atoms with Crippen molar-refractivity contribution in [2.24, 2.45) is 0 Å². The van der Waals surface area contributed by atoms with Crippen molar-refractivity contribution < 1.29 is 14.3 Å². The average Bonchev–Trinajstić information content (AvgIpc) is 2.45. The molecular weight excluding hydrogens is 290 g/mol. The van der Waals surface area contributed by atoms with Gasteiger partial charge < -0.3 is 9.47 Å². The largest absolute Gasteiger partial charge is 0.464 e. The van der Waals surface area contributed by atoms with Crippen LogP contribution in [-0.4, -0.2) is 23.2 Å². The molecule has 0 N–H and O–H groups in total. The second-order valence-electron chi connectivity index (χ2n) is 6.62. The van der Waals surface area contributed by atoms with Gasteiger partial charge in [0.1, 0.15) is 0 Å². The highest BCUT2D eigenvalue weighted by Crippen LogP contribution is 2.33. The van der Waals surface area contributed by atoms with Crippen LogP contribution in [0.3, 0.4) is 0 Å². The van der Waals surface area contributed by atoms with Crippen LogP contribution >= 0.6 is 0 Å². The van der Waals surface area contributed by atoms with Gasteiger partial charge in [0.2, 0.25) is 0 Å². The molecule has 124 valence electrons. The smallest absolute Gasteiger partial charge is 0.340 e. The van der Waals surface area contributed by atoms with E-state index in [2.05, 4.69) is 4.98 Å². The molecule has 1 unspecified atom stereocenters. The van der Waals surface area contributed by atoms with Crippen molar-refractivity contribution in [1.82, 2.24) is 4.98 Å². The number of benzene rings is 1. The number of carbonyl (C=O) groups excluding carboxylic acids is 1. The first-order valence-corrected chi connectivity index (χ1v) is 7.95. The minimum atomic E-state index is -0.771. The molecule has 2 rings (SSSR count). The topological polar surface area (TPSA) is 48.4 Å². The van der Waals surface area contributed by atoms with E-state index in [4.69, 9.17) is 9.47 Å². The lowest BCUT2D eigenvalue weighted by molar-refractivity contribution is -0.167. The minimum absolute atomic E-state index is 0.321. The van der Waals surface area contributed by atoms with Gasteiger partial charge in [-0.25, -0.2) is 4.79 Å². The SMILES string of the molecule is CCOC(=O)C(OC(C)(C)C)c1c(C)nc2ccccc2c1C. The van der Waals surface area contributed by atoms with Gasteiger partial charge in [-0.2, -0.15) is 0 Å². The number of hydrogen-bond acceptors (Lipinski definition) is 4. The van der Waals surface area contributed by atoms with Gasteiger partial charge >= 0.3 is 5.97 Å². The predicted molar refractivity (Wildman–Crippen MR) is 91.4 cm³/mol. The minimum Gasteiger partial charge on any atom is -0.464 e. The molecule has 1 aromatic heterocycles. The van der Waals surface area contributed by atoms with Crippen molar-refractivity contribution in [3.05, 3.63) is 41.1 Å². The quantitative estimate of drug-likeness (QED) is 0.791. The first-order valence-electron chi connectivity index (χ1n) is 7.95. The summed E-state index contributed by atoms with van der Waals surface area (Å²) in [4.78, 5) is 17.1. The lowest BCUT2D eigenvalue weighted by Gasteiger charge is -2.28. The second-order valence-corrected chi connectivity index (χ2v) is 6.62. The number of hydrogen-bond donors (Lipinski definition) is 0. The molecule has 0 aliphatic heterocycles. The molecule has 4 nitrogen and oxygen atoms in total. The molecule has 0 spiro atoms. The molecule has 1 atom stereocenters. The Morgan fingerprint density at radius 1 is 1.22 bits per heavy atom. The third-order valence-electron chi connectivity index (χ3n) is 3.62. The van der Waals surface area contributed by atoms with E-state index in [1.807, 2.05) is 58.9 Å². The molecule has 2 aromatic rings. The lowest BCUT2D eigenvalue weighted by Crippen LogP contribution is -2.30. The van der Waals surface area contributed by atoms with Gasteiger partial charge in [0, 0.05) is 16.6 Å². The first kappa shape index (κ1) is 17.4. The number of carbonyl (C=O) groups is 1. The molecule has 0 saturated heterocycles. The zero-order chi connectivity index (χ0) is 17.2. The maximum atomic E-state index is 12.5. The van der Waals surface area contributed by atoms with Crippen LogP contribution in [0.5, 0.6) is 0 Å². The number of nitrogens with zero attached hydrogens (tertiary/aromatic N) is 1. The first-order chi connectivity index (χ1) is 10.7. The van der Waals surface area contributed by atoms with Crippen molar-refractivity contribution in [3.8, 4) is 0 Å². The third-order valence-corrected chi connectivity index (χ3v) is 3.62. The summed E-state index contributed by atoms with van der Waals surface area (Å²) < 4.78 is 11.3. The van der Waals surface area contributed by atoms with Crippen LogP contribution in [0, 0.1) is 13.8 Å². The van der Waals surface area contributed by atoms with E-state index in [9.17, 15) is 4.79 Å². The number of para-hydroxylation sites is 1. The molecule has 0 fully saturated rings. The fraction of sp³-hybridized carbons (Fsp3) is 0.474. The molecule has 0 bridgehead atoms. The highest BCUT2D eigenvalue weighted by Gasteiger charge is 2.31. The summed E-state index contributed by atoms with van der Waals surface area (Å²) in [5.74, 6) is -0.370. The van der Waals surface area contributed by atoms with E-state index in [-0.39, 0.29) is 5.97 Å². The monoisotopic (exact) mass is 315 g/mol. The summed E-state index contributed by atoms with van der Waals surface area (Å²) in [6, 6.07) is 7.92. The van der Waals surface area contributed by atoms with Crippen LogP contribution in [0.1, 0.15) is 50.6 Å². The number of aryl methyl sites for hydroxylation is 2. The number of pyridine rings is 1. The molecule has 0 amide bonds. The second kappa shape index (κ2) is 6.67. The number of esters is 1. The Hall–Kier alpha value is -1.94. The highest BCUT2D eigenvalue weighted by atomic mass is 16.6. The van der Waals surface area contributed by atoms with Crippen LogP contribution in [0.15, 0.2) is 24.3 Å². The van der Waals surface area contributed by atoms with Gasteiger partial charge in [0.15, 0.2) is 6.10 Å². The Bertz CT molecular complexity index is 716. The fourth-order valence-electron chi connectivity index (χ4n) is 2.73. The molecule has 0 saturated carbocycles. The standard InChI is InChI=1S/C19H25NO3/c1-7-22-18(21)17(23-19(4,5)6)16-12(2)14-10-8-9-11-15(14)20-13(16)3/h8-11,17H,7H2,1-6H3. The molecule has 4 heteroatoms. The van der Waals surface area contributed by atoms with Crippen molar-refractivity contribution in [1.29, 1.82) is 0 Å². The van der Waals surface area contributed by atoms with Crippen LogP contribution in [0.2, 0.25) is 0 Å². The van der Waals surface area contributed by atoms with E-state index in [0.717, 1.165) is 27.7 Å². The Labute approximate surface area is 137 Å². The number of rotatable bonds is 4. The Kier molecular flexibility index (Phi) is 5.05. The van der Waals surface area contributed by atoms with Crippen LogP contribution in [0.4, 0.5) is 0 Å². The maximum absolute atomic E-state index is 12.5. The molecule has 23 heavy (non-hydrogen) atoms. The van der Waals surface area contributed by atoms with Crippen molar-refractivity contribution in [2.75, 3.05) is 6.61 Å². The summed E-state index contributed by atoms with van der Waals surface area (Å²) in [5, 5.41) is 1.03. The average molecular weight is 315 g/mol. The molecule has 0 aliphatic rings. The van der Waals surface area contributed by atoms with Crippen molar-refractivity contribution in [3.63, 3.8) is 0 Å². The third kappa shape index (κ3) is 3.88. The molecule has 0 aliphatic carbocycles. The summed E-state index contributed by atoms with van der Waals surface area (Å²) in [7, 11) is 0. The zero-order valence-electron chi connectivity index (χ0n) is 14.8. The van der Waals surface area contributed by atoms with Gasteiger partial charge in [-0.15, -0.1) is 0 Å². The van der Waals surface area contributed by atoms with Crippen molar-refractivity contribution >= 4 is 16.9 Å². The molecular formula is C19H25NO3. The van der Waals surface area contributed by atoms with E-state index < -0.39 is 11.7 Å². The number of fused-ring (bicyclic) bond motifs is 1. The summed E-state index contributed by atoms with van der Waals surface area (Å²) >= 11 is 0. The molecule has 0 radical (unpaired) electrons. The summed E-state index contributed by atoms with van der Waals surface area (Å²) in [6.45, 7) is 11.8. The fourth-order valence-corrected chi connectivity index (χ4v) is 2.73. The predicted octanol–water partition coefficient (Wildman–Crippen LogP) is 4.27. The van der Waals surface area contributed by atoms with E-state index in [1.54, 1.807) is 6.92 Å². The zero-order valence-corrected chi connectivity index (χ0v) is 14.8. The maximum Gasteiger partial charge on any atom is 0.340 e. The summed E-state index contributed by atoms with van der Waals surface area (Å²) in [5.41, 5.74) is 3.06. The van der Waals surface area contributed by atoms with Crippen LogP contribution < -0.4 is 0 Å². The normalized spacial score (nSPS) is 13.1. The van der Waals surface area contributed by atoms with Gasteiger partial charge in [0.25, 0.3) is 0 Å². The number of aromatic nitrogens is 1.